The van der Waals surface area contributed by atoms with Crippen LogP contribution in [-0.4, -0.2) is 67.8 Å². The van der Waals surface area contributed by atoms with Crippen LogP contribution in [0.3, 0.4) is 0 Å². The number of aromatic nitrogens is 5. The molecule has 9 heteroatoms. The molecule has 0 radical (unpaired) electrons. The number of hydrogen-bond acceptors (Lipinski definition) is 7. The lowest BCUT2D eigenvalue weighted by atomic mass is 10.0. The third-order valence-electron chi connectivity index (χ3n) is 7.45. The van der Waals surface area contributed by atoms with Gasteiger partial charge in [0.1, 0.15) is 11.8 Å². The van der Waals surface area contributed by atoms with E-state index in [4.69, 9.17) is 4.74 Å². The Bertz CT molecular complexity index is 1610. The van der Waals surface area contributed by atoms with Gasteiger partial charge in [0.05, 0.1) is 13.2 Å². The number of H-pyrrole nitrogens is 1. The van der Waals surface area contributed by atoms with Gasteiger partial charge >= 0.3 is 0 Å². The lowest BCUT2D eigenvalue weighted by Crippen LogP contribution is -2.48. The highest BCUT2D eigenvalue weighted by molar-refractivity contribution is 5.80. The second-order valence-corrected chi connectivity index (χ2v) is 10.1. The number of piperazine rings is 1. The number of pyridine rings is 1. The van der Waals surface area contributed by atoms with E-state index in [0.29, 0.717) is 24.5 Å². The fourth-order valence-electron chi connectivity index (χ4n) is 5.46. The molecule has 0 aliphatic carbocycles. The van der Waals surface area contributed by atoms with Crippen LogP contribution in [0.25, 0.3) is 10.9 Å². The Morgan fingerprint density at radius 2 is 1.57 bits per heavy atom. The van der Waals surface area contributed by atoms with E-state index in [0.717, 1.165) is 54.9 Å². The van der Waals surface area contributed by atoms with Gasteiger partial charge in [0.25, 0.3) is 5.56 Å². The number of hydrogen-bond donors (Lipinski definition) is 1. The second-order valence-electron chi connectivity index (χ2n) is 10.1. The third kappa shape index (κ3) is 5.66. The molecule has 5 aromatic rings. The average molecular weight is 536 g/mol. The van der Waals surface area contributed by atoms with Crippen LogP contribution in [0.4, 0.5) is 0 Å². The SMILES string of the molecule is CCOc1ccc2[nH]c(=O)c([C@@H](c3nnnn3Cc3ccccc3)N3CCN(Cc4ccccc4)CC3)cc2c1. The molecule has 1 aliphatic heterocycles. The Kier molecular flexibility index (Phi) is 7.65. The first-order chi connectivity index (χ1) is 19.7. The van der Waals surface area contributed by atoms with Crippen molar-refractivity contribution in [3.05, 3.63) is 118 Å². The smallest absolute Gasteiger partial charge is 0.253 e. The number of nitrogens with one attached hydrogen (secondary N) is 1. The summed E-state index contributed by atoms with van der Waals surface area (Å²) in [4.78, 5) is 21.5. The maximum Gasteiger partial charge on any atom is 0.253 e. The van der Waals surface area contributed by atoms with E-state index in [9.17, 15) is 4.79 Å². The van der Waals surface area contributed by atoms with E-state index in [-0.39, 0.29) is 5.56 Å². The lowest BCUT2D eigenvalue weighted by molar-refractivity contribution is 0.0998. The molecule has 1 N–H and O–H groups in total. The summed E-state index contributed by atoms with van der Waals surface area (Å²) in [6.07, 6.45) is 0. The van der Waals surface area contributed by atoms with Gasteiger partial charge in [0.15, 0.2) is 5.82 Å². The molecule has 1 fully saturated rings. The minimum absolute atomic E-state index is 0.136. The minimum Gasteiger partial charge on any atom is -0.494 e. The molecule has 0 bridgehead atoms. The van der Waals surface area contributed by atoms with Crippen LogP contribution < -0.4 is 10.3 Å². The molecule has 2 aromatic heterocycles. The zero-order valence-electron chi connectivity index (χ0n) is 22.6. The highest BCUT2D eigenvalue weighted by atomic mass is 16.5. The zero-order valence-corrected chi connectivity index (χ0v) is 22.6. The van der Waals surface area contributed by atoms with Gasteiger partial charge in [-0.05, 0) is 52.7 Å². The second kappa shape index (κ2) is 11.8. The molecule has 0 spiro atoms. The zero-order chi connectivity index (χ0) is 27.3. The molecule has 3 aromatic carbocycles. The Labute approximate surface area is 233 Å². The lowest BCUT2D eigenvalue weighted by Gasteiger charge is -2.38. The fourth-order valence-corrected chi connectivity index (χ4v) is 5.46. The summed E-state index contributed by atoms with van der Waals surface area (Å²) in [5, 5.41) is 13.8. The van der Waals surface area contributed by atoms with Crippen LogP contribution in [0.5, 0.6) is 5.75 Å². The van der Waals surface area contributed by atoms with E-state index in [1.54, 1.807) is 0 Å². The van der Waals surface area contributed by atoms with Gasteiger partial charge in [0.2, 0.25) is 0 Å². The molecule has 6 rings (SSSR count). The quantitative estimate of drug-likeness (QED) is 0.306. The highest BCUT2D eigenvalue weighted by Crippen LogP contribution is 2.29. The summed E-state index contributed by atoms with van der Waals surface area (Å²) in [5.74, 6) is 1.43. The molecule has 1 atom stereocenters. The van der Waals surface area contributed by atoms with Crippen molar-refractivity contribution in [2.75, 3.05) is 32.8 Å². The van der Waals surface area contributed by atoms with Gasteiger partial charge in [-0.1, -0.05) is 60.7 Å². The van der Waals surface area contributed by atoms with Crippen molar-refractivity contribution in [1.82, 2.24) is 35.0 Å². The first-order valence-electron chi connectivity index (χ1n) is 13.8. The number of nitrogens with zero attached hydrogens (tertiary/aromatic N) is 6. The van der Waals surface area contributed by atoms with Crippen LogP contribution in [-0.2, 0) is 13.1 Å². The number of aromatic amines is 1. The molecule has 3 heterocycles. The van der Waals surface area contributed by atoms with Gasteiger partial charge in [0, 0.05) is 49.2 Å². The number of tetrazole rings is 1. The maximum atomic E-state index is 13.6. The van der Waals surface area contributed by atoms with Crippen molar-refractivity contribution >= 4 is 10.9 Å². The number of rotatable bonds is 9. The summed E-state index contributed by atoms with van der Waals surface area (Å²) < 4.78 is 7.55. The average Bonchev–Trinajstić information content (AvgIpc) is 3.43. The van der Waals surface area contributed by atoms with E-state index in [1.165, 1.54) is 5.56 Å². The van der Waals surface area contributed by atoms with Crippen molar-refractivity contribution in [1.29, 1.82) is 0 Å². The van der Waals surface area contributed by atoms with Gasteiger partial charge in [-0.25, -0.2) is 4.68 Å². The van der Waals surface area contributed by atoms with Crippen molar-refractivity contribution in [3.8, 4) is 5.75 Å². The van der Waals surface area contributed by atoms with Crippen molar-refractivity contribution in [2.45, 2.75) is 26.1 Å². The molecule has 40 heavy (non-hydrogen) atoms. The highest BCUT2D eigenvalue weighted by Gasteiger charge is 2.32. The molecule has 9 nitrogen and oxygen atoms in total. The predicted octanol–water partition coefficient (Wildman–Crippen LogP) is 3.87. The van der Waals surface area contributed by atoms with Crippen LogP contribution in [0.1, 0.15) is 35.5 Å². The van der Waals surface area contributed by atoms with Crippen molar-refractivity contribution in [2.24, 2.45) is 0 Å². The number of ether oxygens (including phenoxy) is 1. The molecule has 0 saturated carbocycles. The normalized spacial score (nSPS) is 15.3. The molecule has 1 saturated heterocycles. The van der Waals surface area contributed by atoms with Gasteiger partial charge in [-0.3, -0.25) is 14.6 Å². The van der Waals surface area contributed by atoms with E-state index in [1.807, 2.05) is 60.1 Å². The Balaban J connectivity index is 1.35. The first kappa shape index (κ1) is 25.9. The fraction of sp³-hybridized carbons (Fsp3) is 0.290. The van der Waals surface area contributed by atoms with E-state index >= 15 is 0 Å². The Morgan fingerprint density at radius 1 is 0.875 bits per heavy atom. The van der Waals surface area contributed by atoms with Crippen LogP contribution in [0.15, 0.2) is 89.7 Å². The Morgan fingerprint density at radius 3 is 2.27 bits per heavy atom. The van der Waals surface area contributed by atoms with Crippen LogP contribution in [0.2, 0.25) is 0 Å². The standard InChI is InChI=1S/C31H33N7O2/c1-2-40-26-13-14-28-25(19-26)20-27(31(39)32-28)29(30-33-34-35-38(30)22-24-11-7-4-8-12-24)37-17-15-36(16-18-37)21-23-9-5-3-6-10-23/h3-14,19-20,29H,2,15-18,21-22H2,1H3,(H,32,39)/t29-/m0/s1. The number of benzene rings is 3. The topological polar surface area (TPSA) is 92.2 Å². The van der Waals surface area contributed by atoms with Crippen molar-refractivity contribution in [3.63, 3.8) is 0 Å². The largest absolute Gasteiger partial charge is 0.494 e. The monoisotopic (exact) mass is 535 g/mol. The molecular weight excluding hydrogens is 502 g/mol. The number of fused-ring (bicyclic) bond motifs is 1. The van der Waals surface area contributed by atoms with E-state index in [2.05, 4.69) is 66.7 Å². The summed E-state index contributed by atoms with van der Waals surface area (Å²) in [6.45, 7) is 7.29. The van der Waals surface area contributed by atoms with Gasteiger partial charge in [-0.2, -0.15) is 0 Å². The van der Waals surface area contributed by atoms with Crippen molar-refractivity contribution < 1.29 is 4.74 Å². The molecule has 1 aliphatic rings. The molecular formula is C31H33N7O2. The third-order valence-corrected chi connectivity index (χ3v) is 7.45. The van der Waals surface area contributed by atoms with Crippen LogP contribution >= 0.6 is 0 Å². The molecule has 0 amide bonds. The summed E-state index contributed by atoms with van der Waals surface area (Å²) >= 11 is 0. The predicted molar refractivity (Wildman–Crippen MR) is 154 cm³/mol. The minimum atomic E-state index is -0.401. The summed E-state index contributed by atoms with van der Waals surface area (Å²) in [5.41, 5.74) is 3.66. The molecule has 0 unspecified atom stereocenters. The maximum absolute atomic E-state index is 13.6. The Hall–Kier alpha value is -4.34. The molecule has 204 valence electrons. The first-order valence-corrected chi connectivity index (χ1v) is 13.8. The summed E-state index contributed by atoms with van der Waals surface area (Å²) in [7, 11) is 0. The van der Waals surface area contributed by atoms with E-state index < -0.39 is 6.04 Å². The van der Waals surface area contributed by atoms with Gasteiger partial charge in [-0.15, -0.1) is 5.10 Å². The van der Waals surface area contributed by atoms with Gasteiger partial charge < -0.3 is 9.72 Å². The summed E-state index contributed by atoms with van der Waals surface area (Å²) in [6, 6.07) is 28.0. The van der Waals surface area contributed by atoms with Crippen LogP contribution in [0, 0.1) is 0 Å².